The van der Waals surface area contributed by atoms with Crippen LogP contribution in [0.2, 0.25) is 0 Å². The molecule has 0 aliphatic rings. The van der Waals surface area contributed by atoms with Gasteiger partial charge in [-0.25, -0.2) is 14.6 Å². The van der Waals surface area contributed by atoms with Crippen molar-refractivity contribution in [3.8, 4) is 0 Å². The summed E-state index contributed by atoms with van der Waals surface area (Å²) >= 11 is 4.41. The number of halogens is 4. The number of carbonyl (C=O) groups is 2. The summed E-state index contributed by atoms with van der Waals surface area (Å²) in [5, 5.41) is 12.7. The lowest BCUT2D eigenvalue weighted by molar-refractivity contribution is -0.137. The van der Waals surface area contributed by atoms with Crippen LogP contribution in [0.3, 0.4) is 0 Å². The molecule has 0 aliphatic carbocycles. The molecule has 35 heavy (non-hydrogen) atoms. The molecule has 1 heterocycles. The van der Waals surface area contributed by atoms with Crippen LogP contribution in [0.1, 0.15) is 50.4 Å². The number of hydrogen-bond donors (Lipinski definition) is 2. The van der Waals surface area contributed by atoms with Crippen molar-refractivity contribution >= 4 is 44.6 Å². The van der Waals surface area contributed by atoms with Crippen LogP contribution < -0.4 is 10.2 Å². The minimum Gasteiger partial charge on any atom is -0.465 e. The summed E-state index contributed by atoms with van der Waals surface area (Å²) in [6.07, 6.45) is -6.59. The average Bonchev–Trinajstić information content (AvgIpc) is 3.08. The molecule has 2 atom stereocenters. The zero-order valence-corrected chi connectivity index (χ0v) is 22.2. The second kappa shape index (κ2) is 11.6. The normalized spacial score (nSPS) is 13.7. The first-order valence-electron chi connectivity index (χ1n) is 10.4. The third-order valence-electron chi connectivity index (χ3n) is 4.83. The summed E-state index contributed by atoms with van der Waals surface area (Å²) in [5.74, 6) is -0.575. The van der Waals surface area contributed by atoms with Gasteiger partial charge in [-0.3, -0.25) is 4.90 Å². The molecule has 0 saturated carbocycles. The fourth-order valence-corrected chi connectivity index (χ4v) is 4.53. The number of carbonyl (C=O) groups excluding carboxylic acids is 1. The lowest BCUT2D eigenvalue weighted by Gasteiger charge is -2.30. The third kappa shape index (κ3) is 8.36. The molecule has 0 saturated heterocycles. The van der Waals surface area contributed by atoms with Crippen LogP contribution in [0, 0.1) is 0 Å². The lowest BCUT2D eigenvalue weighted by Crippen LogP contribution is -2.49. The molecule has 0 radical (unpaired) electrons. The molecule has 2 rings (SSSR count). The molecule has 2 amide bonds. The topological polar surface area (TPSA) is 101 Å². The van der Waals surface area contributed by atoms with E-state index in [0.717, 1.165) is 28.4 Å². The molecular weight excluding hydrogens is 555 g/mol. The number of alkyl carbamates (subject to hydrolysis) is 1. The van der Waals surface area contributed by atoms with Gasteiger partial charge in [0.15, 0.2) is 5.13 Å². The number of rotatable bonds is 8. The zero-order valence-electron chi connectivity index (χ0n) is 19.8. The first-order chi connectivity index (χ1) is 16.1. The Balaban J connectivity index is 2.39. The highest BCUT2D eigenvalue weighted by atomic mass is 79.9. The van der Waals surface area contributed by atoms with Crippen LogP contribution in [0.15, 0.2) is 28.1 Å². The van der Waals surface area contributed by atoms with Crippen molar-refractivity contribution in [3.63, 3.8) is 0 Å². The van der Waals surface area contributed by atoms with E-state index in [1.165, 1.54) is 19.2 Å². The molecule has 13 heteroatoms. The minimum absolute atomic E-state index is 0.145. The van der Waals surface area contributed by atoms with Crippen LogP contribution >= 0.6 is 27.3 Å². The summed E-state index contributed by atoms with van der Waals surface area (Å²) in [7, 11) is 1.48. The summed E-state index contributed by atoms with van der Waals surface area (Å²) in [5.41, 5.74) is -0.639. The van der Waals surface area contributed by atoms with Gasteiger partial charge >= 0.3 is 18.4 Å². The van der Waals surface area contributed by atoms with E-state index >= 15 is 0 Å². The van der Waals surface area contributed by atoms with Gasteiger partial charge in [-0.1, -0.05) is 30.4 Å². The van der Waals surface area contributed by atoms with E-state index in [-0.39, 0.29) is 18.3 Å². The number of nitrogens with one attached hydrogen (secondary N) is 1. The van der Waals surface area contributed by atoms with Gasteiger partial charge in [-0.2, -0.15) is 13.2 Å². The number of aromatic nitrogens is 1. The second-order valence-electron chi connectivity index (χ2n) is 8.70. The molecule has 8 nitrogen and oxygen atoms in total. The van der Waals surface area contributed by atoms with E-state index in [4.69, 9.17) is 9.47 Å². The molecule has 0 aliphatic heterocycles. The maximum absolute atomic E-state index is 13.0. The monoisotopic (exact) mass is 581 g/mol. The largest absolute Gasteiger partial charge is 0.465 e. The number of nitrogens with zero attached hydrogens (tertiary/aromatic N) is 2. The summed E-state index contributed by atoms with van der Waals surface area (Å²) in [4.78, 5) is 29.9. The molecule has 194 valence electrons. The van der Waals surface area contributed by atoms with Crippen LogP contribution in [0.5, 0.6) is 0 Å². The predicted octanol–water partition coefficient (Wildman–Crippen LogP) is 6.25. The van der Waals surface area contributed by atoms with E-state index in [1.54, 1.807) is 27.7 Å². The Morgan fingerprint density at radius 1 is 1.23 bits per heavy atom. The standard InChI is InChI=1S/C22H27BrF3N3O5S/c1-12(13-6-8-14(9-7-13)22(24,25)26)15(28-19(30)34-21(2,3)4)10-29(20(31)32)18-27-16(11-33-5)17(23)35-18/h6-9,12,15H,10-11H2,1-5H3,(H,28,30)(H,31,32). The van der Waals surface area contributed by atoms with Crippen LogP contribution in [0.25, 0.3) is 0 Å². The van der Waals surface area contributed by atoms with E-state index in [2.05, 4.69) is 26.2 Å². The Morgan fingerprint density at radius 2 is 1.83 bits per heavy atom. The molecule has 0 fully saturated rings. The first kappa shape index (κ1) is 28.9. The van der Waals surface area contributed by atoms with Crippen molar-refractivity contribution in [1.29, 1.82) is 0 Å². The number of amides is 2. The molecule has 2 unspecified atom stereocenters. The highest BCUT2D eigenvalue weighted by Gasteiger charge is 2.33. The number of thiazole rings is 1. The number of ether oxygens (including phenoxy) is 2. The SMILES string of the molecule is COCc1nc(N(CC(NC(=O)OC(C)(C)C)C(C)c2ccc(C(F)(F)F)cc2)C(=O)O)sc1Br. The highest BCUT2D eigenvalue weighted by Crippen LogP contribution is 2.34. The molecule has 0 spiro atoms. The minimum atomic E-state index is -4.49. The number of benzene rings is 1. The van der Waals surface area contributed by atoms with Gasteiger partial charge in [-0.15, -0.1) is 0 Å². The van der Waals surface area contributed by atoms with Gasteiger partial charge in [0.25, 0.3) is 0 Å². The molecule has 0 bridgehead atoms. The summed E-state index contributed by atoms with van der Waals surface area (Å²) in [6, 6.07) is 3.64. The van der Waals surface area contributed by atoms with Crippen LogP contribution in [0.4, 0.5) is 27.9 Å². The van der Waals surface area contributed by atoms with E-state index in [0.29, 0.717) is 15.0 Å². The van der Waals surface area contributed by atoms with Gasteiger partial charge in [0, 0.05) is 13.0 Å². The zero-order chi connectivity index (χ0) is 26.6. The van der Waals surface area contributed by atoms with Crippen molar-refractivity contribution in [2.75, 3.05) is 18.6 Å². The van der Waals surface area contributed by atoms with Gasteiger partial charge in [-0.05, 0) is 54.4 Å². The molecule has 1 aromatic heterocycles. The van der Waals surface area contributed by atoms with Crippen LogP contribution in [-0.2, 0) is 22.3 Å². The molecule has 2 aromatic rings. The summed E-state index contributed by atoms with van der Waals surface area (Å²) in [6.45, 7) is 6.63. The van der Waals surface area contributed by atoms with E-state index < -0.39 is 41.5 Å². The average molecular weight is 582 g/mol. The summed E-state index contributed by atoms with van der Waals surface area (Å²) < 4.78 is 49.9. The Bertz CT molecular complexity index is 1020. The van der Waals surface area contributed by atoms with Gasteiger partial charge < -0.3 is 19.9 Å². The molecule has 2 N–H and O–H groups in total. The molecular formula is C22H27BrF3N3O5S. The predicted molar refractivity (Wildman–Crippen MR) is 129 cm³/mol. The third-order valence-corrected chi connectivity index (χ3v) is 6.68. The fraction of sp³-hybridized carbons (Fsp3) is 0.500. The number of methoxy groups -OCH3 is 1. The van der Waals surface area contributed by atoms with E-state index in [9.17, 15) is 27.9 Å². The first-order valence-corrected chi connectivity index (χ1v) is 12.0. The smallest absolute Gasteiger partial charge is 0.416 e. The van der Waals surface area contributed by atoms with Gasteiger partial charge in [0.05, 0.1) is 34.2 Å². The Kier molecular flexibility index (Phi) is 9.54. The Labute approximate surface area is 213 Å². The van der Waals surface area contributed by atoms with Crippen LogP contribution in [-0.4, -0.2) is 47.6 Å². The maximum atomic E-state index is 13.0. The van der Waals surface area contributed by atoms with Crippen molar-refractivity contribution in [1.82, 2.24) is 10.3 Å². The highest BCUT2D eigenvalue weighted by molar-refractivity contribution is 9.11. The second-order valence-corrected chi connectivity index (χ2v) is 11.0. The van der Waals surface area contributed by atoms with Crippen molar-refractivity contribution < 1.29 is 37.3 Å². The van der Waals surface area contributed by atoms with Gasteiger partial charge in [0.1, 0.15) is 5.60 Å². The molecule has 1 aromatic carbocycles. The number of alkyl halides is 3. The maximum Gasteiger partial charge on any atom is 0.416 e. The Hall–Kier alpha value is -2.38. The van der Waals surface area contributed by atoms with Gasteiger partial charge in [0.2, 0.25) is 0 Å². The quantitative estimate of drug-likeness (QED) is 0.382. The fourth-order valence-electron chi connectivity index (χ4n) is 3.09. The van der Waals surface area contributed by atoms with Crippen molar-refractivity contribution in [3.05, 3.63) is 44.9 Å². The Morgan fingerprint density at radius 3 is 2.31 bits per heavy atom. The lowest BCUT2D eigenvalue weighted by atomic mass is 9.92. The van der Waals surface area contributed by atoms with E-state index in [1.807, 2.05) is 0 Å². The number of carboxylic acid groups (broad SMARTS) is 1. The van der Waals surface area contributed by atoms with Crippen molar-refractivity contribution in [2.24, 2.45) is 0 Å². The number of hydrogen-bond acceptors (Lipinski definition) is 6. The van der Waals surface area contributed by atoms with Crippen molar-refractivity contribution in [2.45, 2.75) is 58.0 Å². The number of anilines is 1.